The zero-order valence-corrected chi connectivity index (χ0v) is 10.00. The molecule has 0 radical (unpaired) electrons. The van der Waals surface area contributed by atoms with Crippen LogP contribution in [0.15, 0.2) is 24.3 Å². The maximum Gasteiger partial charge on any atom is 0.416 e. The summed E-state index contributed by atoms with van der Waals surface area (Å²) in [7, 11) is -5.82. The van der Waals surface area contributed by atoms with Crippen molar-refractivity contribution in [3.63, 3.8) is 0 Å². The van der Waals surface area contributed by atoms with E-state index in [-0.39, 0.29) is 0 Å². The molecule has 1 aromatic carbocycles. The van der Waals surface area contributed by atoms with Gasteiger partial charge in [-0.25, -0.2) is 0 Å². The normalized spacial score (nSPS) is 15.4. The smallest absolute Gasteiger partial charge is 0.320 e. The SMILES string of the molecule is N[C@H](c1ccc(C(F)(F)F)cc1)C(F)(F)P(=O)(O)O. The van der Waals surface area contributed by atoms with Crippen LogP contribution in [0, 0.1) is 0 Å². The van der Waals surface area contributed by atoms with Gasteiger partial charge in [0, 0.05) is 0 Å². The van der Waals surface area contributed by atoms with Crippen LogP contribution in [0.3, 0.4) is 0 Å². The van der Waals surface area contributed by atoms with E-state index in [0.29, 0.717) is 24.3 Å². The van der Waals surface area contributed by atoms with Gasteiger partial charge in [-0.15, -0.1) is 0 Å². The Labute approximate surface area is 104 Å². The highest BCUT2D eigenvalue weighted by atomic mass is 31.2. The summed E-state index contributed by atoms with van der Waals surface area (Å²) in [5.74, 6) is 0. The third kappa shape index (κ3) is 3.30. The van der Waals surface area contributed by atoms with Crippen LogP contribution in [-0.4, -0.2) is 15.5 Å². The number of alkyl halides is 5. The van der Waals surface area contributed by atoms with Crippen LogP contribution in [0.2, 0.25) is 0 Å². The minimum Gasteiger partial charge on any atom is -0.320 e. The fourth-order valence-electron chi connectivity index (χ4n) is 1.26. The van der Waals surface area contributed by atoms with E-state index < -0.39 is 36.6 Å². The van der Waals surface area contributed by atoms with Crippen molar-refractivity contribution in [3.8, 4) is 0 Å². The molecule has 0 bridgehead atoms. The molecule has 4 nitrogen and oxygen atoms in total. The Morgan fingerprint density at radius 2 is 1.47 bits per heavy atom. The van der Waals surface area contributed by atoms with E-state index >= 15 is 0 Å². The lowest BCUT2D eigenvalue weighted by atomic mass is 10.1. The molecule has 1 rings (SSSR count). The fourth-order valence-corrected chi connectivity index (χ4v) is 1.77. The minimum absolute atomic E-state index is 0.505. The lowest BCUT2D eigenvalue weighted by Gasteiger charge is -2.24. The van der Waals surface area contributed by atoms with E-state index in [1.807, 2.05) is 0 Å². The molecular weight excluding hydrogens is 296 g/mol. The van der Waals surface area contributed by atoms with E-state index in [9.17, 15) is 26.5 Å². The lowest BCUT2D eigenvalue weighted by Crippen LogP contribution is -2.32. The summed E-state index contributed by atoms with van der Waals surface area (Å²) in [6, 6.07) is -0.0973. The Kier molecular flexibility index (Phi) is 4.07. The second kappa shape index (κ2) is 4.82. The molecular formula is C9H9F5NO3P. The fraction of sp³-hybridized carbons (Fsp3) is 0.333. The monoisotopic (exact) mass is 305 g/mol. The van der Waals surface area contributed by atoms with E-state index in [4.69, 9.17) is 15.5 Å². The molecule has 4 N–H and O–H groups in total. The number of benzene rings is 1. The Morgan fingerprint density at radius 3 is 1.79 bits per heavy atom. The first-order valence-corrected chi connectivity index (χ1v) is 6.35. The van der Waals surface area contributed by atoms with Gasteiger partial charge in [0.15, 0.2) is 0 Å². The molecule has 0 aromatic heterocycles. The van der Waals surface area contributed by atoms with Crippen molar-refractivity contribution in [2.45, 2.75) is 17.9 Å². The van der Waals surface area contributed by atoms with Gasteiger partial charge in [-0.2, -0.15) is 22.0 Å². The van der Waals surface area contributed by atoms with E-state index in [2.05, 4.69) is 0 Å². The average Bonchev–Trinajstić information content (AvgIpc) is 2.25. The Bertz CT molecular complexity index is 496. The topological polar surface area (TPSA) is 83.6 Å². The van der Waals surface area contributed by atoms with E-state index in [0.717, 1.165) is 0 Å². The molecule has 0 heterocycles. The van der Waals surface area contributed by atoms with Crippen LogP contribution in [-0.2, 0) is 10.7 Å². The minimum atomic E-state index is -5.82. The predicted molar refractivity (Wildman–Crippen MR) is 55.4 cm³/mol. The molecule has 0 unspecified atom stereocenters. The molecule has 1 atom stereocenters. The van der Waals surface area contributed by atoms with Crippen LogP contribution in [0.1, 0.15) is 17.2 Å². The number of halogens is 5. The third-order valence-corrected chi connectivity index (χ3v) is 3.41. The number of hydrogen-bond acceptors (Lipinski definition) is 2. The summed E-state index contributed by atoms with van der Waals surface area (Å²) < 4.78 is 73.8. The molecule has 19 heavy (non-hydrogen) atoms. The molecule has 0 saturated heterocycles. The van der Waals surface area contributed by atoms with Gasteiger partial charge < -0.3 is 15.5 Å². The van der Waals surface area contributed by atoms with Gasteiger partial charge in [0.05, 0.1) is 5.56 Å². The van der Waals surface area contributed by atoms with Crippen molar-refractivity contribution in [1.82, 2.24) is 0 Å². The zero-order valence-electron chi connectivity index (χ0n) is 9.10. The average molecular weight is 305 g/mol. The highest BCUT2D eigenvalue weighted by Gasteiger charge is 2.54. The molecule has 10 heteroatoms. The molecule has 0 aliphatic carbocycles. The molecule has 108 valence electrons. The first-order chi connectivity index (χ1) is 8.37. The van der Waals surface area contributed by atoms with Crippen molar-refractivity contribution in [3.05, 3.63) is 35.4 Å². The molecule has 0 saturated carbocycles. The quantitative estimate of drug-likeness (QED) is 0.592. The number of rotatable bonds is 3. The summed E-state index contributed by atoms with van der Waals surface area (Å²) >= 11 is 0. The van der Waals surface area contributed by atoms with Crippen LogP contribution in [0.4, 0.5) is 22.0 Å². The molecule has 0 aliphatic heterocycles. The highest BCUT2D eigenvalue weighted by Crippen LogP contribution is 2.57. The summed E-state index contributed by atoms with van der Waals surface area (Å²) in [6.45, 7) is 0. The second-order valence-electron chi connectivity index (χ2n) is 3.73. The van der Waals surface area contributed by atoms with Crippen LogP contribution >= 0.6 is 7.60 Å². The van der Waals surface area contributed by atoms with Gasteiger partial charge in [-0.05, 0) is 17.7 Å². The number of nitrogens with two attached hydrogens (primary N) is 1. The first-order valence-electron chi connectivity index (χ1n) is 4.73. The van der Waals surface area contributed by atoms with Crippen LogP contribution < -0.4 is 5.73 Å². The van der Waals surface area contributed by atoms with Gasteiger partial charge in [0.25, 0.3) is 0 Å². The maximum absolute atomic E-state index is 13.2. The maximum atomic E-state index is 13.2. The van der Waals surface area contributed by atoms with Crippen molar-refractivity contribution in [2.75, 3.05) is 0 Å². The first kappa shape index (κ1) is 16.0. The summed E-state index contributed by atoms with van der Waals surface area (Å²) in [6.07, 6.45) is -4.64. The van der Waals surface area contributed by atoms with Crippen LogP contribution in [0.5, 0.6) is 0 Å². The molecule has 0 fully saturated rings. The Hall–Kier alpha value is -1.02. The second-order valence-corrected chi connectivity index (χ2v) is 5.41. The van der Waals surface area contributed by atoms with Gasteiger partial charge in [-0.3, -0.25) is 4.57 Å². The van der Waals surface area contributed by atoms with Gasteiger partial charge >= 0.3 is 19.4 Å². The van der Waals surface area contributed by atoms with Crippen LogP contribution in [0.25, 0.3) is 0 Å². The van der Waals surface area contributed by atoms with E-state index in [1.165, 1.54) is 0 Å². The summed E-state index contributed by atoms with van der Waals surface area (Å²) in [5, 5.41) is 0. The van der Waals surface area contributed by atoms with Gasteiger partial charge in [0.2, 0.25) is 0 Å². The molecule has 1 aromatic rings. The van der Waals surface area contributed by atoms with Crippen molar-refractivity contribution >= 4 is 7.60 Å². The molecule has 0 spiro atoms. The summed E-state index contributed by atoms with van der Waals surface area (Å²) in [4.78, 5) is 16.9. The van der Waals surface area contributed by atoms with E-state index in [1.54, 1.807) is 0 Å². The van der Waals surface area contributed by atoms with Gasteiger partial charge in [-0.1, -0.05) is 12.1 Å². The van der Waals surface area contributed by atoms with Gasteiger partial charge in [0.1, 0.15) is 6.04 Å². The standard InChI is InChI=1S/C9H9F5NO3P/c10-8(11,12)6-3-1-5(2-4-6)7(15)9(13,14)19(16,17)18/h1-4,7H,15H2,(H2,16,17,18)/t7-/m1/s1. The zero-order chi connectivity index (χ0) is 15.1. The lowest BCUT2D eigenvalue weighted by molar-refractivity contribution is -0.137. The third-order valence-electron chi connectivity index (χ3n) is 2.36. The Morgan fingerprint density at radius 1 is 1.05 bits per heavy atom. The highest BCUT2D eigenvalue weighted by molar-refractivity contribution is 7.53. The van der Waals surface area contributed by atoms with Crippen molar-refractivity contribution in [1.29, 1.82) is 0 Å². The largest absolute Gasteiger partial charge is 0.416 e. The van der Waals surface area contributed by atoms with Crippen molar-refractivity contribution in [2.24, 2.45) is 5.73 Å². The molecule has 0 aliphatic rings. The Balaban J connectivity index is 3.09. The predicted octanol–water partition coefficient (Wildman–Crippen LogP) is 2.48. The number of hydrogen-bond donors (Lipinski definition) is 3. The molecule has 0 amide bonds. The summed E-state index contributed by atoms with van der Waals surface area (Å²) in [5.41, 5.74) is -1.16. The van der Waals surface area contributed by atoms with Crippen molar-refractivity contribution < 1.29 is 36.3 Å².